The molecule has 0 amide bonds. The van der Waals surface area contributed by atoms with E-state index in [1.54, 1.807) is 0 Å². The quantitative estimate of drug-likeness (QED) is 0.166. The van der Waals surface area contributed by atoms with Gasteiger partial charge >= 0.3 is 136 Å². The Kier molecular flexibility index (Phi) is 42.2. The Morgan fingerprint density at radius 2 is 1.00 bits per heavy atom. The summed E-state index contributed by atoms with van der Waals surface area (Å²) in [5, 5.41) is 0. The minimum absolute atomic E-state index is 0. The van der Waals surface area contributed by atoms with E-state index in [2.05, 4.69) is 0 Å². The van der Waals surface area contributed by atoms with Crippen molar-refractivity contribution in [1.29, 1.82) is 0 Å². The van der Waals surface area contributed by atoms with Gasteiger partial charge in [-0.3, -0.25) is 8.42 Å². The molecule has 0 spiro atoms. The van der Waals surface area contributed by atoms with Crippen molar-refractivity contribution in [2.24, 2.45) is 0 Å². The topological polar surface area (TPSA) is 161 Å². The van der Waals surface area contributed by atoms with Crippen molar-refractivity contribution in [1.82, 2.24) is 0 Å². The van der Waals surface area contributed by atoms with Crippen LogP contribution in [-0.2, 0) is 76.0 Å². The molecular weight excluding hydrogens is 547 g/mol. The van der Waals surface area contributed by atoms with E-state index in [1.165, 1.54) is 0 Å². The van der Waals surface area contributed by atoms with Gasteiger partial charge in [0.2, 0.25) is 0 Å². The zero-order chi connectivity index (χ0) is 9.00. The van der Waals surface area contributed by atoms with Gasteiger partial charge in [-0.05, 0) is 0 Å². The molecule has 0 fully saturated rings. The molecule has 0 atom stereocenters. The first-order valence-electron chi connectivity index (χ1n) is 1.33. The third kappa shape index (κ3) is 274. The predicted octanol–water partition coefficient (Wildman–Crippen LogP) is -4.72. The Bertz CT molecular complexity index is 226. The fourth-order valence-electron chi connectivity index (χ4n) is 0. The van der Waals surface area contributed by atoms with Crippen LogP contribution in [-0.4, -0.2) is 79.2 Å². The van der Waals surface area contributed by atoms with E-state index in [4.69, 9.17) is 33.4 Å². The molecule has 73 valence electrons. The summed E-state index contributed by atoms with van der Waals surface area (Å²) in [4.78, 5) is 0. The van der Waals surface area contributed by atoms with Gasteiger partial charge in [0.25, 0.3) is 0 Å². The van der Waals surface area contributed by atoms with Gasteiger partial charge in [0.1, 0.15) is 0 Å². The molecule has 0 saturated carbocycles. The van der Waals surface area contributed by atoms with E-state index in [0.29, 0.717) is 0 Å². The summed E-state index contributed by atoms with van der Waals surface area (Å²) in [5.41, 5.74) is 0. The van der Waals surface area contributed by atoms with Gasteiger partial charge in [0.05, 0.1) is 0 Å². The Labute approximate surface area is 160 Å². The number of rotatable bonds is 0. The SMILES string of the molecule is O=S(=O)([O-])[O-].[Ca+2].[Cd+2].[Cu+2].[O]=[Cr](=[O])([O-])[O-].[Sn+4]. The molecule has 14 heteroatoms. The average Bonchev–Trinajstić information content (AvgIpc) is 1.12. The van der Waals surface area contributed by atoms with Gasteiger partial charge in [-0.1, -0.05) is 0 Å². The monoisotopic (exact) mass is 549 g/mol. The zero-order valence-corrected chi connectivity index (χ0v) is 18.4. The van der Waals surface area contributed by atoms with Crippen LogP contribution < -0.4 is 8.32 Å². The van der Waals surface area contributed by atoms with Crippen LogP contribution in [0.4, 0.5) is 0 Å². The summed E-state index contributed by atoms with van der Waals surface area (Å²) < 4.78 is 68.5. The van der Waals surface area contributed by atoms with Crippen molar-refractivity contribution >= 4 is 72.0 Å². The maximum atomic E-state index is 8.59. The van der Waals surface area contributed by atoms with Gasteiger partial charge in [0, 0.05) is 10.4 Å². The molecule has 0 aliphatic heterocycles. The van der Waals surface area contributed by atoms with E-state index in [-0.39, 0.29) is 106 Å². The summed E-state index contributed by atoms with van der Waals surface area (Å²) in [6.45, 7) is 0. The Morgan fingerprint density at radius 3 is 1.00 bits per heavy atom. The minimum Gasteiger partial charge on any atom is 4.00 e. The van der Waals surface area contributed by atoms with E-state index in [9.17, 15) is 0 Å². The summed E-state index contributed by atoms with van der Waals surface area (Å²) in [7, 11) is -5.17. The molecule has 0 saturated heterocycles. The first kappa shape index (κ1) is 36.0. The second-order valence-electron chi connectivity index (χ2n) is 0.816. The van der Waals surface area contributed by atoms with Crippen LogP contribution in [0.3, 0.4) is 0 Å². The fourth-order valence-corrected chi connectivity index (χ4v) is 0. The van der Waals surface area contributed by atoms with Crippen LogP contribution >= 0.6 is 0 Å². The van der Waals surface area contributed by atoms with Crippen molar-refractivity contribution < 1.29 is 91.4 Å². The number of hydrogen-bond donors (Lipinski definition) is 0. The smallest absolute Gasteiger partial charge is 4.00 e. The van der Waals surface area contributed by atoms with Crippen molar-refractivity contribution in [2.45, 2.75) is 0 Å². The van der Waals surface area contributed by atoms with E-state index in [0.717, 1.165) is 0 Å². The van der Waals surface area contributed by atoms with Crippen molar-refractivity contribution in [3.63, 3.8) is 0 Å². The molecule has 0 N–H and O–H groups in total. The molecule has 8 nitrogen and oxygen atoms in total. The van der Waals surface area contributed by atoms with Crippen molar-refractivity contribution in [3.8, 4) is 0 Å². The first-order chi connectivity index (χ1) is 4.00. The molecule has 14 heavy (non-hydrogen) atoms. The van der Waals surface area contributed by atoms with E-state index < -0.39 is 24.0 Å². The molecule has 0 aromatic heterocycles. The van der Waals surface area contributed by atoms with Gasteiger partial charge < -0.3 is 9.11 Å². The van der Waals surface area contributed by atoms with Gasteiger partial charge in [0.15, 0.2) is 0 Å². The van der Waals surface area contributed by atoms with Gasteiger partial charge in [-0.15, -0.1) is 0 Å². The van der Waals surface area contributed by atoms with E-state index in [1.807, 2.05) is 0 Å². The summed E-state index contributed by atoms with van der Waals surface area (Å²) >= 11 is -5.75. The van der Waals surface area contributed by atoms with Crippen LogP contribution in [0.15, 0.2) is 0 Å². The second kappa shape index (κ2) is 16.4. The molecule has 0 aliphatic carbocycles. The third-order valence-corrected chi connectivity index (χ3v) is 0. The maximum Gasteiger partial charge on any atom is 4.00 e. The Balaban J connectivity index is -0.0000000178. The fraction of sp³-hybridized carbons (Fsp3) is 0. The Hall–Kier alpha value is 3.42. The largest absolute Gasteiger partial charge is 4.00 e. The van der Waals surface area contributed by atoms with E-state index >= 15 is 0 Å². The van der Waals surface area contributed by atoms with Crippen molar-refractivity contribution in [3.05, 3.63) is 0 Å². The van der Waals surface area contributed by atoms with Crippen LogP contribution in [0.2, 0.25) is 0 Å². The predicted molar refractivity (Wildman–Crippen MR) is 23.4 cm³/mol. The number of hydrogen-bond acceptors (Lipinski definition) is 8. The molecule has 0 rings (SSSR count). The third-order valence-electron chi connectivity index (χ3n) is 0. The second-order valence-corrected chi connectivity index (χ2v) is 2.91. The molecule has 0 unspecified atom stereocenters. The average molecular weight is 547 g/mol. The van der Waals surface area contributed by atoms with Crippen LogP contribution in [0.5, 0.6) is 0 Å². The molecule has 0 heterocycles. The molecule has 0 bridgehead atoms. The Morgan fingerprint density at radius 1 is 1.00 bits per heavy atom. The normalized spacial score (nSPS) is 8.29. The van der Waals surface area contributed by atoms with Gasteiger partial charge in [-0.25, -0.2) is 0 Å². The molecule has 1 radical (unpaired) electrons. The zero-order valence-electron chi connectivity index (χ0n) is 6.30. The van der Waals surface area contributed by atoms with Gasteiger partial charge in [-0.2, -0.15) is 0 Å². The molecular formula is CaCdCrCuO8SSn+6. The first-order valence-corrected chi connectivity index (χ1v) is 4.75. The maximum absolute atomic E-state index is 8.59. The molecule has 0 aliphatic rings. The molecule has 0 aromatic rings. The molecule has 0 aromatic carbocycles. The van der Waals surface area contributed by atoms with Crippen LogP contribution in [0, 0.1) is 0 Å². The summed E-state index contributed by atoms with van der Waals surface area (Å²) in [5.74, 6) is 0. The van der Waals surface area contributed by atoms with Crippen LogP contribution in [0.25, 0.3) is 0 Å². The summed E-state index contributed by atoms with van der Waals surface area (Å²) in [6.07, 6.45) is 0. The standard InChI is InChI=1S/Ca.Cd.Cr.Cu.H2O4S.4O.Sn/c;;;;1-5(2,3)4;;;;;/h;;;;(H2,1,2,3,4);;;;;/q2*+2;;+2;;;;2*-1;+4/p-2. The summed E-state index contributed by atoms with van der Waals surface area (Å²) in [6, 6.07) is 0. The van der Waals surface area contributed by atoms with Crippen LogP contribution in [0.1, 0.15) is 0 Å². The minimum atomic E-state index is -5.75. The van der Waals surface area contributed by atoms with Crippen molar-refractivity contribution in [2.75, 3.05) is 0 Å².